The molecule has 160 valence electrons. The van der Waals surface area contributed by atoms with Crippen LogP contribution in [-0.4, -0.2) is 21.7 Å². The fraction of sp³-hybridized carbons (Fsp3) is 0.154. The van der Waals surface area contributed by atoms with Gasteiger partial charge in [0, 0.05) is 42.4 Å². The van der Waals surface area contributed by atoms with Crippen LogP contribution in [0.1, 0.15) is 44.5 Å². The Kier molecular flexibility index (Phi) is 5.94. The van der Waals surface area contributed by atoms with E-state index >= 15 is 0 Å². The second kappa shape index (κ2) is 8.98. The summed E-state index contributed by atoms with van der Waals surface area (Å²) in [6, 6.07) is 16.7. The SMILES string of the molecule is CC(=O)c1cc(CNC(=O)c2cccc(Oc3ccnc4cc(C)ccc34)c2C)ccn1. The van der Waals surface area contributed by atoms with Gasteiger partial charge in [0.2, 0.25) is 0 Å². The molecular formula is C26H23N3O3. The number of ketones is 1. The van der Waals surface area contributed by atoms with Crippen LogP contribution in [0.3, 0.4) is 0 Å². The first kappa shape index (κ1) is 21.2. The van der Waals surface area contributed by atoms with Crippen LogP contribution in [0.15, 0.2) is 67.0 Å². The van der Waals surface area contributed by atoms with Gasteiger partial charge in [0.1, 0.15) is 17.2 Å². The first-order chi connectivity index (χ1) is 15.4. The smallest absolute Gasteiger partial charge is 0.251 e. The summed E-state index contributed by atoms with van der Waals surface area (Å²) in [7, 11) is 0. The van der Waals surface area contributed by atoms with E-state index in [9.17, 15) is 9.59 Å². The number of aryl methyl sites for hydroxylation is 1. The minimum absolute atomic E-state index is 0.113. The predicted octanol–water partition coefficient (Wildman–Crippen LogP) is 5.17. The van der Waals surface area contributed by atoms with Gasteiger partial charge < -0.3 is 10.1 Å². The second-order valence-corrected chi connectivity index (χ2v) is 7.65. The maximum atomic E-state index is 12.9. The number of hydrogen-bond acceptors (Lipinski definition) is 5. The summed E-state index contributed by atoms with van der Waals surface area (Å²) in [5.41, 5.74) is 4.43. The van der Waals surface area contributed by atoms with Crippen molar-refractivity contribution >= 4 is 22.6 Å². The van der Waals surface area contributed by atoms with Gasteiger partial charge >= 0.3 is 0 Å². The molecule has 0 fully saturated rings. The summed E-state index contributed by atoms with van der Waals surface area (Å²) in [5, 5.41) is 3.81. The molecule has 4 aromatic rings. The average molecular weight is 425 g/mol. The summed E-state index contributed by atoms with van der Waals surface area (Å²) in [6.45, 7) is 5.64. The predicted molar refractivity (Wildman–Crippen MR) is 123 cm³/mol. The molecule has 0 bridgehead atoms. The fourth-order valence-corrected chi connectivity index (χ4v) is 3.46. The van der Waals surface area contributed by atoms with Crippen LogP contribution >= 0.6 is 0 Å². The molecule has 1 amide bonds. The quantitative estimate of drug-likeness (QED) is 0.431. The maximum absolute atomic E-state index is 12.9. The van der Waals surface area contributed by atoms with Gasteiger partial charge in [-0.05, 0) is 67.4 Å². The van der Waals surface area contributed by atoms with Gasteiger partial charge in [-0.2, -0.15) is 0 Å². The number of amides is 1. The standard InChI is InChI=1S/C26H23N3O3/c1-16-7-8-21-23(13-16)28-12-10-25(21)32-24-6-4-5-20(17(24)2)26(31)29-15-19-9-11-27-22(14-19)18(3)30/h4-14H,15H2,1-3H3,(H,29,31). The largest absolute Gasteiger partial charge is 0.456 e. The Morgan fingerprint density at radius 2 is 1.75 bits per heavy atom. The van der Waals surface area contributed by atoms with Crippen LogP contribution < -0.4 is 10.1 Å². The molecule has 2 heterocycles. The maximum Gasteiger partial charge on any atom is 0.251 e. The summed E-state index contributed by atoms with van der Waals surface area (Å²) >= 11 is 0. The van der Waals surface area contributed by atoms with Crippen molar-refractivity contribution in [1.82, 2.24) is 15.3 Å². The third-order valence-electron chi connectivity index (χ3n) is 5.24. The normalized spacial score (nSPS) is 10.7. The lowest BCUT2D eigenvalue weighted by atomic mass is 10.1. The number of fused-ring (bicyclic) bond motifs is 1. The third kappa shape index (κ3) is 4.49. The Balaban J connectivity index is 1.54. The molecule has 0 aliphatic carbocycles. The lowest BCUT2D eigenvalue weighted by Crippen LogP contribution is -2.24. The molecule has 32 heavy (non-hydrogen) atoms. The summed E-state index contributed by atoms with van der Waals surface area (Å²) in [5.74, 6) is 0.958. The Morgan fingerprint density at radius 1 is 0.938 bits per heavy atom. The second-order valence-electron chi connectivity index (χ2n) is 7.65. The molecule has 0 aliphatic rings. The lowest BCUT2D eigenvalue weighted by molar-refractivity contribution is 0.0949. The van der Waals surface area contributed by atoms with E-state index in [-0.39, 0.29) is 11.7 Å². The molecule has 0 saturated heterocycles. The van der Waals surface area contributed by atoms with Crippen LogP contribution in [0.5, 0.6) is 11.5 Å². The van der Waals surface area contributed by atoms with Crippen molar-refractivity contribution in [3.63, 3.8) is 0 Å². The number of benzene rings is 2. The third-order valence-corrected chi connectivity index (χ3v) is 5.24. The molecule has 0 atom stereocenters. The van der Waals surface area contributed by atoms with Crippen LogP contribution in [0.4, 0.5) is 0 Å². The summed E-state index contributed by atoms with van der Waals surface area (Å²) in [4.78, 5) is 32.8. The van der Waals surface area contributed by atoms with Crippen molar-refractivity contribution in [2.24, 2.45) is 0 Å². The van der Waals surface area contributed by atoms with Gasteiger partial charge in [-0.1, -0.05) is 12.1 Å². The molecule has 6 heteroatoms. The van der Waals surface area contributed by atoms with Crippen molar-refractivity contribution in [3.8, 4) is 11.5 Å². The van der Waals surface area contributed by atoms with E-state index < -0.39 is 0 Å². The minimum atomic E-state index is -0.218. The number of nitrogens with zero attached hydrogens (tertiary/aromatic N) is 2. The van der Waals surface area contributed by atoms with Crippen molar-refractivity contribution in [1.29, 1.82) is 0 Å². The van der Waals surface area contributed by atoms with E-state index in [1.807, 2.05) is 44.2 Å². The molecule has 0 saturated carbocycles. The number of rotatable bonds is 6. The molecule has 6 nitrogen and oxygen atoms in total. The van der Waals surface area contributed by atoms with Crippen molar-refractivity contribution in [2.45, 2.75) is 27.3 Å². The van der Waals surface area contributed by atoms with E-state index in [2.05, 4.69) is 15.3 Å². The van der Waals surface area contributed by atoms with E-state index in [0.717, 1.165) is 27.6 Å². The molecule has 0 spiro atoms. The first-order valence-corrected chi connectivity index (χ1v) is 10.3. The molecule has 2 aromatic heterocycles. The molecule has 0 radical (unpaired) electrons. The highest BCUT2D eigenvalue weighted by atomic mass is 16.5. The molecule has 2 aromatic carbocycles. The van der Waals surface area contributed by atoms with E-state index in [4.69, 9.17) is 4.74 Å². The average Bonchev–Trinajstić information content (AvgIpc) is 2.79. The van der Waals surface area contributed by atoms with E-state index in [1.165, 1.54) is 6.92 Å². The van der Waals surface area contributed by atoms with Crippen molar-refractivity contribution in [2.75, 3.05) is 0 Å². The zero-order chi connectivity index (χ0) is 22.7. The van der Waals surface area contributed by atoms with Gasteiger partial charge in [0.05, 0.1) is 5.52 Å². The number of hydrogen-bond donors (Lipinski definition) is 1. The Morgan fingerprint density at radius 3 is 2.56 bits per heavy atom. The van der Waals surface area contributed by atoms with Gasteiger partial charge in [0.15, 0.2) is 5.78 Å². The molecule has 4 rings (SSSR count). The van der Waals surface area contributed by atoms with Gasteiger partial charge in [0.25, 0.3) is 5.91 Å². The molecule has 0 unspecified atom stereocenters. The molecular weight excluding hydrogens is 402 g/mol. The minimum Gasteiger partial charge on any atom is -0.456 e. The van der Waals surface area contributed by atoms with Crippen LogP contribution in [0.25, 0.3) is 10.9 Å². The topological polar surface area (TPSA) is 81.2 Å². The van der Waals surface area contributed by atoms with Crippen LogP contribution in [-0.2, 0) is 6.54 Å². The highest BCUT2D eigenvalue weighted by molar-refractivity contribution is 5.96. The first-order valence-electron chi connectivity index (χ1n) is 10.3. The van der Waals surface area contributed by atoms with Gasteiger partial charge in [-0.25, -0.2) is 0 Å². The highest BCUT2D eigenvalue weighted by Gasteiger charge is 2.14. The molecule has 0 aliphatic heterocycles. The van der Waals surface area contributed by atoms with Crippen LogP contribution in [0, 0.1) is 13.8 Å². The number of nitrogens with one attached hydrogen (secondary N) is 1. The van der Waals surface area contributed by atoms with E-state index in [0.29, 0.717) is 29.3 Å². The number of aromatic nitrogens is 2. The zero-order valence-electron chi connectivity index (χ0n) is 18.2. The zero-order valence-corrected chi connectivity index (χ0v) is 18.2. The lowest BCUT2D eigenvalue weighted by Gasteiger charge is -2.14. The Hall–Kier alpha value is -4.06. The fourth-order valence-electron chi connectivity index (χ4n) is 3.46. The van der Waals surface area contributed by atoms with Crippen molar-refractivity contribution < 1.29 is 14.3 Å². The monoisotopic (exact) mass is 425 g/mol. The molecule has 1 N–H and O–H groups in total. The van der Waals surface area contributed by atoms with Crippen molar-refractivity contribution in [3.05, 3.63) is 94.9 Å². The summed E-state index contributed by atoms with van der Waals surface area (Å²) < 4.78 is 6.19. The number of pyridine rings is 2. The number of ether oxygens (including phenoxy) is 1. The number of carbonyl (C=O) groups excluding carboxylic acids is 2. The van der Waals surface area contributed by atoms with Gasteiger partial charge in [-0.15, -0.1) is 0 Å². The number of Topliss-reactive ketones (excluding diaryl/α,β-unsaturated/α-hetero) is 1. The van der Waals surface area contributed by atoms with Crippen LogP contribution in [0.2, 0.25) is 0 Å². The Labute approximate surface area is 186 Å². The highest BCUT2D eigenvalue weighted by Crippen LogP contribution is 2.32. The number of carbonyl (C=O) groups is 2. The van der Waals surface area contributed by atoms with E-state index in [1.54, 1.807) is 36.7 Å². The Bertz CT molecular complexity index is 1330. The van der Waals surface area contributed by atoms with Gasteiger partial charge in [-0.3, -0.25) is 19.6 Å². The summed E-state index contributed by atoms with van der Waals surface area (Å²) in [6.07, 6.45) is 3.28.